The number of carboxylic acid groups (broad SMARTS) is 4. The molecular weight excluding hydrogens is 480 g/mol. The molecule has 5 atom stereocenters. The van der Waals surface area contributed by atoms with E-state index < -0.39 is 53.7 Å². The number of rotatable bonds is 3. The van der Waals surface area contributed by atoms with Gasteiger partial charge in [0.05, 0.1) is 6.61 Å². The van der Waals surface area contributed by atoms with Crippen molar-refractivity contribution in [1.29, 1.82) is 0 Å². The van der Waals surface area contributed by atoms with Crippen molar-refractivity contribution in [3.8, 4) is 5.75 Å². The maximum Gasteiger partial charge on any atom is 0.300 e. The van der Waals surface area contributed by atoms with Crippen LogP contribution in [0.1, 0.15) is 27.7 Å². The Hall–Kier alpha value is -2.91. The van der Waals surface area contributed by atoms with Crippen LogP contribution in [0.15, 0.2) is 30.3 Å². The molecule has 1 aliphatic rings. The minimum atomic E-state index is -1.20. The highest BCUT2D eigenvalue weighted by atomic mass is 32.1. The minimum absolute atomic E-state index is 0.382. The fraction of sp³-hybridized carbons (Fsp3) is 0.500. The number of ether oxygens (including phenoxy) is 2. The van der Waals surface area contributed by atoms with Gasteiger partial charge in [-0.05, 0) is 12.1 Å². The molecule has 0 unspecified atom stereocenters. The first kappa shape index (κ1) is 35.7. The topological polar surface area (TPSA) is 228 Å². The van der Waals surface area contributed by atoms with Crippen LogP contribution in [-0.2, 0) is 23.9 Å². The predicted octanol–water partition coefficient (Wildman–Crippen LogP) is 0.166. The molecule has 14 heteroatoms. The van der Waals surface area contributed by atoms with E-state index >= 15 is 0 Å². The summed E-state index contributed by atoms with van der Waals surface area (Å²) in [6.07, 6.45) is -4.02. The van der Waals surface area contributed by atoms with Gasteiger partial charge in [0.15, 0.2) is 6.10 Å². The first-order valence-electron chi connectivity index (χ1n) is 9.37. The summed E-state index contributed by atoms with van der Waals surface area (Å²) in [7, 11) is 0. The summed E-state index contributed by atoms with van der Waals surface area (Å²) in [5.74, 6) is -2.78. The van der Waals surface area contributed by atoms with E-state index in [1.807, 2.05) is 6.07 Å². The molecule has 0 bridgehead atoms. The lowest BCUT2D eigenvalue weighted by molar-refractivity contribution is -0.198. The van der Waals surface area contributed by atoms with Gasteiger partial charge < -0.3 is 45.2 Å². The van der Waals surface area contributed by atoms with Crippen LogP contribution < -0.4 is 4.74 Å². The number of aliphatic carboxylic acids is 4. The van der Waals surface area contributed by atoms with Gasteiger partial charge in [-0.15, -0.1) is 12.6 Å². The lowest BCUT2D eigenvalue weighted by atomic mass is 10.00. The van der Waals surface area contributed by atoms with Crippen molar-refractivity contribution in [2.24, 2.45) is 0 Å². The minimum Gasteiger partial charge on any atom is -0.484 e. The third kappa shape index (κ3) is 23.7. The maximum atomic E-state index is 9.96. The van der Waals surface area contributed by atoms with E-state index in [-0.39, 0.29) is 6.61 Å². The molecule has 0 radical (unpaired) electrons. The van der Waals surface area contributed by atoms with Crippen LogP contribution >= 0.6 is 12.6 Å². The number of benzene rings is 1. The third-order valence-electron chi connectivity index (χ3n) is 2.86. The van der Waals surface area contributed by atoms with Crippen LogP contribution in [-0.4, -0.2) is 96.1 Å². The lowest BCUT2D eigenvalue weighted by Crippen LogP contribution is -2.58. The summed E-state index contributed by atoms with van der Waals surface area (Å²) in [5.41, 5.74) is -0.722. The molecule has 0 spiro atoms. The van der Waals surface area contributed by atoms with E-state index in [4.69, 9.17) is 54.2 Å². The standard InChI is InChI=1S/C12H16O5S.4C2H4O2/c13-6-8-9(14)10(15)11(12(18)17-8)16-7-4-2-1-3-5-7;4*1-2(3)4/h1-5,8-15,18H,6H2;4*1H3,(H,3,4)/t8-,9+,10+,11-,12+;;;;/m1..../s1. The number of para-hydroxylation sites is 1. The summed E-state index contributed by atoms with van der Waals surface area (Å²) in [6, 6.07) is 8.91. The van der Waals surface area contributed by atoms with Crippen LogP contribution in [0.3, 0.4) is 0 Å². The summed E-state index contributed by atoms with van der Waals surface area (Å²) in [6.45, 7) is 3.95. The van der Waals surface area contributed by atoms with E-state index in [1.165, 1.54) is 0 Å². The van der Waals surface area contributed by atoms with Crippen molar-refractivity contribution >= 4 is 36.5 Å². The monoisotopic (exact) mass is 512 g/mol. The predicted molar refractivity (Wildman–Crippen MR) is 121 cm³/mol. The molecule has 2 rings (SSSR count). The molecule has 0 aliphatic carbocycles. The van der Waals surface area contributed by atoms with Gasteiger partial charge in [-0.1, -0.05) is 18.2 Å². The molecule has 34 heavy (non-hydrogen) atoms. The molecule has 1 aromatic carbocycles. The maximum absolute atomic E-state index is 9.96. The molecule has 0 saturated carbocycles. The number of hydrogen-bond donors (Lipinski definition) is 8. The van der Waals surface area contributed by atoms with Crippen LogP contribution in [0.4, 0.5) is 0 Å². The van der Waals surface area contributed by atoms with Gasteiger partial charge in [-0.3, -0.25) is 19.2 Å². The van der Waals surface area contributed by atoms with Crippen molar-refractivity contribution in [1.82, 2.24) is 0 Å². The normalized spacial score (nSPS) is 22.2. The summed E-state index contributed by atoms with van der Waals surface area (Å²) < 4.78 is 10.8. The fourth-order valence-electron chi connectivity index (χ4n) is 1.86. The average Bonchev–Trinajstić information content (AvgIpc) is 2.67. The van der Waals surface area contributed by atoms with Crippen molar-refractivity contribution in [3.63, 3.8) is 0 Å². The van der Waals surface area contributed by atoms with Gasteiger partial charge in [0.1, 0.15) is 29.5 Å². The van der Waals surface area contributed by atoms with E-state index in [0.717, 1.165) is 27.7 Å². The van der Waals surface area contributed by atoms with Gasteiger partial charge in [-0.2, -0.15) is 0 Å². The second-order valence-corrected chi connectivity index (χ2v) is 6.71. The van der Waals surface area contributed by atoms with Gasteiger partial charge in [0.25, 0.3) is 23.9 Å². The second kappa shape index (κ2) is 20.7. The van der Waals surface area contributed by atoms with Crippen LogP contribution in [0.25, 0.3) is 0 Å². The van der Waals surface area contributed by atoms with Crippen molar-refractivity contribution in [2.45, 2.75) is 57.5 Å². The zero-order valence-corrected chi connectivity index (χ0v) is 19.9. The Morgan fingerprint density at radius 1 is 0.824 bits per heavy atom. The highest BCUT2D eigenvalue weighted by molar-refractivity contribution is 7.80. The Kier molecular flexibility index (Phi) is 21.7. The molecule has 1 aliphatic heterocycles. The first-order chi connectivity index (χ1) is 15.6. The van der Waals surface area contributed by atoms with Crippen molar-refractivity contribution < 1.29 is 64.4 Å². The highest BCUT2D eigenvalue weighted by Gasteiger charge is 2.44. The zero-order valence-electron chi connectivity index (χ0n) is 19.0. The quantitative estimate of drug-likeness (QED) is 0.253. The molecule has 1 saturated heterocycles. The third-order valence-corrected chi connectivity index (χ3v) is 3.27. The zero-order chi connectivity index (χ0) is 27.4. The Balaban J connectivity index is -0.000000492. The second-order valence-electron chi connectivity index (χ2n) is 6.20. The van der Waals surface area contributed by atoms with Gasteiger partial charge in [-0.25, -0.2) is 0 Å². The van der Waals surface area contributed by atoms with Crippen LogP contribution in [0.5, 0.6) is 5.75 Å². The number of aliphatic hydroxyl groups is 3. The molecule has 13 nitrogen and oxygen atoms in total. The van der Waals surface area contributed by atoms with E-state index in [0.29, 0.717) is 5.75 Å². The van der Waals surface area contributed by atoms with E-state index in [2.05, 4.69) is 12.6 Å². The van der Waals surface area contributed by atoms with E-state index in [1.54, 1.807) is 24.3 Å². The average molecular weight is 513 g/mol. The molecule has 1 heterocycles. The van der Waals surface area contributed by atoms with Crippen molar-refractivity contribution in [2.75, 3.05) is 6.61 Å². The Morgan fingerprint density at radius 2 is 1.18 bits per heavy atom. The SMILES string of the molecule is CC(=O)O.CC(=O)O.CC(=O)O.CC(=O)O.OC[C@H]1O[C@@H](S)[C@H](Oc2ccccc2)[C@@H](O)[C@H]1O. The number of hydrogen-bond acceptors (Lipinski definition) is 10. The lowest BCUT2D eigenvalue weighted by Gasteiger charge is -2.40. The van der Waals surface area contributed by atoms with Crippen molar-refractivity contribution in [3.05, 3.63) is 30.3 Å². The smallest absolute Gasteiger partial charge is 0.300 e. The number of carbonyl (C=O) groups is 4. The largest absolute Gasteiger partial charge is 0.484 e. The van der Waals surface area contributed by atoms with Crippen LogP contribution in [0, 0.1) is 0 Å². The van der Waals surface area contributed by atoms with Crippen LogP contribution in [0.2, 0.25) is 0 Å². The molecule has 0 amide bonds. The molecule has 7 N–H and O–H groups in total. The van der Waals surface area contributed by atoms with E-state index in [9.17, 15) is 10.2 Å². The van der Waals surface area contributed by atoms with Gasteiger partial charge >= 0.3 is 0 Å². The number of aliphatic hydroxyl groups excluding tert-OH is 3. The summed E-state index contributed by atoms with van der Waals surface area (Å²) in [4.78, 5) is 36.0. The first-order valence-corrected chi connectivity index (χ1v) is 9.88. The highest BCUT2D eigenvalue weighted by Crippen LogP contribution is 2.27. The van der Waals surface area contributed by atoms with Gasteiger partial charge in [0, 0.05) is 27.7 Å². The summed E-state index contributed by atoms with van der Waals surface area (Å²) in [5, 5.41) is 58.4. The Morgan fingerprint density at radius 3 is 1.50 bits per heavy atom. The van der Waals surface area contributed by atoms with Gasteiger partial charge in [0.2, 0.25) is 0 Å². The summed E-state index contributed by atoms with van der Waals surface area (Å²) >= 11 is 4.17. The number of carboxylic acids is 4. The molecular formula is C20H32O13S. The molecule has 1 fully saturated rings. The fourth-order valence-corrected chi connectivity index (χ4v) is 2.25. The molecule has 1 aromatic rings. The molecule has 0 aromatic heterocycles. The Bertz CT molecular complexity index is 650. The number of thiol groups is 1. The Labute approximate surface area is 201 Å². The molecule has 196 valence electrons.